The van der Waals surface area contributed by atoms with Crippen LogP contribution in [0.1, 0.15) is 24.0 Å². The summed E-state index contributed by atoms with van der Waals surface area (Å²) >= 11 is 1.16. The summed E-state index contributed by atoms with van der Waals surface area (Å²) < 4.78 is 1.68. The van der Waals surface area contributed by atoms with E-state index in [9.17, 15) is 9.59 Å². The third-order valence-corrected chi connectivity index (χ3v) is 3.99. The molecule has 1 aromatic carbocycles. The summed E-state index contributed by atoms with van der Waals surface area (Å²) in [6, 6.07) is 6.14. The summed E-state index contributed by atoms with van der Waals surface area (Å²) in [6.45, 7) is 4.47. The van der Waals surface area contributed by atoms with E-state index in [0.29, 0.717) is 13.0 Å². The van der Waals surface area contributed by atoms with E-state index in [1.807, 2.05) is 31.4 Å². The fourth-order valence-corrected chi connectivity index (χ4v) is 2.94. The maximum Gasteiger partial charge on any atom is 0.307 e. The topological polar surface area (TPSA) is 59.3 Å². The van der Waals surface area contributed by atoms with Crippen molar-refractivity contribution < 1.29 is 9.90 Å². The predicted molar refractivity (Wildman–Crippen MR) is 80.4 cm³/mol. The Bertz CT molecular complexity index is 685. The average molecular weight is 291 g/mol. The van der Waals surface area contributed by atoms with Gasteiger partial charge in [-0.15, -0.1) is 0 Å². The Morgan fingerprint density at radius 2 is 2.10 bits per heavy atom. The van der Waals surface area contributed by atoms with Crippen molar-refractivity contribution in [1.82, 2.24) is 4.57 Å². The lowest BCUT2D eigenvalue weighted by molar-refractivity contribution is -0.137. The Kier molecular flexibility index (Phi) is 4.39. The van der Waals surface area contributed by atoms with Gasteiger partial charge in [0, 0.05) is 23.9 Å². The molecule has 1 N–H and O–H groups in total. The minimum Gasteiger partial charge on any atom is -0.481 e. The van der Waals surface area contributed by atoms with Crippen molar-refractivity contribution in [2.75, 3.05) is 0 Å². The Morgan fingerprint density at radius 3 is 2.80 bits per heavy atom. The van der Waals surface area contributed by atoms with E-state index in [-0.39, 0.29) is 11.3 Å². The van der Waals surface area contributed by atoms with Crippen molar-refractivity contribution in [3.63, 3.8) is 0 Å². The van der Waals surface area contributed by atoms with Gasteiger partial charge >= 0.3 is 10.8 Å². The number of aryl methyl sites for hydroxylation is 2. The van der Waals surface area contributed by atoms with Crippen LogP contribution in [0.4, 0.5) is 0 Å². The van der Waals surface area contributed by atoms with Gasteiger partial charge in [0.1, 0.15) is 0 Å². The van der Waals surface area contributed by atoms with E-state index in [4.69, 9.17) is 5.11 Å². The van der Waals surface area contributed by atoms with E-state index in [2.05, 4.69) is 6.07 Å². The molecule has 0 aliphatic carbocycles. The molecule has 1 heterocycles. The minimum atomic E-state index is -0.832. The molecule has 0 atom stereocenters. The van der Waals surface area contributed by atoms with Gasteiger partial charge in [-0.3, -0.25) is 14.2 Å². The zero-order chi connectivity index (χ0) is 14.7. The van der Waals surface area contributed by atoms with Crippen LogP contribution in [0.25, 0.3) is 11.3 Å². The number of carboxylic acids is 1. The van der Waals surface area contributed by atoms with Crippen molar-refractivity contribution in [3.05, 3.63) is 44.4 Å². The highest BCUT2D eigenvalue weighted by Crippen LogP contribution is 2.25. The van der Waals surface area contributed by atoms with Gasteiger partial charge in [0.15, 0.2) is 0 Å². The van der Waals surface area contributed by atoms with Gasteiger partial charge in [-0.25, -0.2) is 0 Å². The van der Waals surface area contributed by atoms with Crippen LogP contribution in [-0.2, 0) is 11.3 Å². The van der Waals surface area contributed by atoms with Gasteiger partial charge in [0.25, 0.3) is 0 Å². The van der Waals surface area contributed by atoms with Crippen LogP contribution in [-0.4, -0.2) is 15.6 Å². The Labute approximate surface area is 121 Å². The standard InChI is InChI=1S/C15H17NO3S/c1-10-5-6-11(2)12(8-10)13-9-20-15(19)16(13)7-3-4-14(17)18/h5-6,8-9H,3-4,7H2,1-2H3,(H,17,18). The molecule has 0 amide bonds. The summed E-state index contributed by atoms with van der Waals surface area (Å²) in [5.41, 5.74) is 4.17. The number of aromatic nitrogens is 1. The molecular weight excluding hydrogens is 274 g/mol. The third kappa shape index (κ3) is 3.17. The fraction of sp³-hybridized carbons (Fsp3) is 0.333. The predicted octanol–water partition coefficient (Wildman–Crippen LogP) is 3.06. The first kappa shape index (κ1) is 14.5. The molecule has 0 fully saturated rings. The van der Waals surface area contributed by atoms with Gasteiger partial charge in [-0.05, 0) is 31.9 Å². The Morgan fingerprint density at radius 1 is 1.35 bits per heavy atom. The first-order valence-corrected chi connectivity index (χ1v) is 7.35. The number of aliphatic carboxylic acids is 1. The molecule has 4 nitrogen and oxygen atoms in total. The summed E-state index contributed by atoms with van der Waals surface area (Å²) in [6.07, 6.45) is 0.540. The highest BCUT2D eigenvalue weighted by Gasteiger charge is 2.11. The minimum absolute atomic E-state index is 0.0358. The lowest BCUT2D eigenvalue weighted by Gasteiger charge is -2.10. The number of carbonyl (C=O) groups is 1. The van der Waals surface area contributed by atoms with Crippen LogP contribution in [0.2, 0.25) is 0 Å². The van der Waals surface area contributed by atoms with Gasteiger partial charge in [0.05, 0.1) is 5.69 Å². The normalized spacial score (nSPS) is 10.7. The second-order valence-corrected chi connectivity index (χ2v) is 5.67. The molecule has 0 bridgehead atoms. The quantitative estimate of drug-likeness (QED) is 0.921. The van der Waals surface area contributed by atoms with Crippen LogP contribution >= 0.6 is 11.3 Å². The third-order valence-electron chi connectivity index (χ3n) is 3.22. The Hall–Kier alpha value is -1.88. The number of hydrogen-bond donors (Lipinski definition) is 1. The van der Waals surface area contributed by atoms with E-state index in [1.54, 1.807) is 4.57 Å². The van der Waals surface area contributed by atoms with Crippen molar-refractivity contribution in [3.8, 4) is 11.3 Å². The van der Waals surface area contributed by atoms with Crippen LogP contribution in [0, 0.1) is 13.8 Å². The maximum absolute atomic E-state index is 11.9. The molecule has 0 saturated heterocycles. The van der Waals surface area contributed by atoms with Crippen molar-refractivity contribution in [1.29, 1.82) is 0 Å². The van der Waals surface area contributed by atoms with Gasteiger partial charge in [-0.1, -0.05) is 29.0 Å². The zero-order valence-electron chi connectivity index (χ0n) is 11.5. The fourth-order valence-electron chi connectivity index (χ4n) is 2.15. The van der Waals surface area contributed by atoms with Crippen LogP contribution in [0.15, 0.2) is 28.4 Å². The highest BCUT2D eigenvalue weighted by molar-refractivity contribution is 7.07. The second kappa shape index (κ2) is 6.05. The molecular formula is C15H17NO3S. The smallest absolute Gasteiger partial charge is 0.307 e. The molecule has 0 saturated carbocycles. The van der Waals surface area contributed by atoms with Crippen molar-refractivity contribution in [2.45, 2.75) is 33.2 Å². The number of carboxylic acid groups (broad SMARTS) is 1. The maximum atomic E-state index is 11.9. The molecule has 2 rings (SSSR count). The largest absolute Gasteiger partial charge is 0.481 e. The summed E-state index contributed by atoms with van der Waals surface area (Å²) in [5.74, 6) is -0.832. The van der Waals surface area contributed by atoms with E-state index < -0.39 is 5.97 Å². The van der Waals surface area contributed by atoms with Gasteiger partial charge in [0.2, 0.25) is 0 Å². The molecule has 0 unspecified atom stereocenters. The van der Waals surface area contributed by atoms with E-state index >= 15 is 0 Å². The summed E-state index contributed by atoms with van der Waals surface area (Å²) in [7, 11) is 0. The van der Waals surface area contributed by atoms with Gasteiger partial charge < -0.3 is 5.11 Å². The van der Waals surface area contributed by atoms with Gasteiger partial charge in [-0.2, -0.15) is 0 Å². The number of benzene rings is 1. The molecule has 0 aliphatic heterocycles. The molecule has 20 heavy (non-hydrogen) atoms. The van der Waals surface area contributed by atoms with Crippen LogP contribution in [0.3, 0.4) is 0 Å². The average Bonchev–Trinajstić information content (AvgIpc) is 2.74. The molecule has 106 valence electrons. The van der Waals surface area contributed by atoms with Crippen LogP contribution < -0.4 is 4.87 Å². The summed E-state index contributed by atoms with van der Waals surface area (Å²) in [5, 5.41) is 10.5. The highest BCUT2D eigenvalue weighted by atomic mass is 32.1. The van der Waals surface area contributed by atoms with Crippen molar-refractivity contribution in [2.24, 2.45) is 0 Å². The monoisotopic (exact) mass is 291 g/mol. The lowest BCUT2D eigenvalue weighted by Crippen LogP contribution is -2.15. The second-order valence-electron chi connectivity index (χ2n) is 4.85. The molecule has 5 heteroatoms. The number of thiazole rings is 1. The molecule has 0 radical (unpaired) electrons. The summed E-state index contributed by atoms with van der Waals surface area (Å²) in [4.78, 5) is 22.5. The van der Waals surface area contributed by atoms with Crippen molar-refractivity contribution >= 4 is 17.3 Å². The molecule has 0 spiro atoms. The van der Waals surface area contributed by atoms with E-state index in [0.717, 1.165) is 33.7 Å². The number of hydrogen-bond acceptors (Lipinski definition) is 3. The lowest BCUT2D eigenvalue weighted by atomic mass is 10.0. The SMILES string of the molecule is Cc1ccc(C)c(-c2csc(=O)n2CCCC(=O)O)c1. The van der Waals surface area contributed by atoms with E-state index in [1.165, 1.54) is 0 Å². The molecule has 1 aromatic heterocycles. The Balaban J connectivity index is 2.35. The molecule has 0 aliphatic rings. The first-order valence-electron chi connectivity index (χ1n) is 6.47. The number of rotatable bonds is 5. The first-order chi connectivity index (χ1) is 9.49. The molecule has 2 aromatic rings. The zero-order valence-corrected chi connectivity index (χ0v) is 12.4. The number of nitrogens with zero attached hydrogens (tertiary/aromatic N) is 1. The van der Waals surface area contributed by atoms with Crippen LogP contribution in [0.5, 0.6) is 0 Å².